The minimum Gasteiger partial charge on any atom is -0.456 e. The Morgan fingerprint density at radius 3 is 1.50 bits per heavy atom. The topological polar surface area (TPSA) is 100 Å². The molecule has 382 valence electrons. The first-order valence-electron chi connectivity index (χ1n) is 27.3. The van der Waals surface area contributed by atoms with Crippen molar-refractivity contribution in [2.24, 2.45) is 0 Å². The molecule has 0 unspecified atom stereocenters. The number of thiophene rings is 1. The summed E-state index contributed by atoms with van der Waals surface area (Å²) in [4.78, 5) is 31.2. The summed E-state index contributed by atoms with van der Waals surface area (Å²) in [6.07, 6.45) is 0. The molecule has 0 amide bonds. The molecule has 0 bridgehead atoms. The zero-order valence-corrected chi connectivity index (χ0v) is 44.5. The molecule has 6 heterocycles. The minimum atomic E-state index is 0.555. The van der Waals surface area contributed by atoms with E-state index in [-0.39, 0.29) is 0 Å². The van der Waals surface area contributed by atoms with Crippen LogP contribution in [0.5, 0.6) is 0 Å². The van der Waals surface area contributed by atoms with Gasteiger partial charge < -0.3 is 8.98 Å². The molecule has 0 aliphatic carbocycles. The van der Waals surface area contributed by atoms with Crippen LogP contribution in [0.15, 0.2) is 259 Å². The number of aromatic nitrogens is 8. The van der Waals surface area contributed by atoms with E-state index in [1.165, 1.54) is 25.6 Å². The summed E-state index contributed by atoms with van der Waals surface area (Å²) in [5.74, 6) is 3.54. The van der Waals surface area contributed by atoms with E-state index < -0.39 is 0 Å². The average Bonchev–Trinajstić information content (AvgIpc) is 4.20. The van der Waals surface area contributed by atoms with E-state index in [9.17, 15) is 0 Å². The molecule has 82 heavy (non-hydrogen) atoms. The van der Waals surface area contributed by atoms with Gasteiger partial charge >= 0.3 is 0 Å². The van der Waals surface area contributed by atoms with Crippen molar-refractivity contribution in [1.82, 2.24) is 39.0 Å². The molecule has 0 radical (unpaired) electrons. The second-order valence-electron chi connectivity index (χ2n) is 20.6. The van der Waals surface area contributed by atoms with Crippen LogP contribution in [0.25, 0.3) is 165 Å². The van der Waals surface area contributed by atoms with Crippen molar-refractivity contribution < 1.29 is 4.42 Å². The number of furan rings is 1. The molecule has 0 atom stereocenters. The van der Waals surface area contributed by atoms with Gasteiger partial charge in [0.1, 0.15) is 11.2 Å². The van der Waals surface area contributed by atoms with Crippen LogP contribution in [0.3, 0.4) is 0 Å². The Morgan fingerprint density at radius 1 is 0.280 bits per heavy atom. The highest BCUT2D eigenvalue weighted by Crippen LogP contribution is 2.46. The summed E-state index contributed by atoms with van der Waals surface area (Å²) in [6.45, 7) is 0. The molecule has 9 nitrogen and oxygen atoms in total. The molecule has 11 aromatic carbocycles. The van der Waals surface area contributed by atoms with Gasteiger partial charge in [0.05, 0.1) is 27.8 Å². The Labute approximate surface area is 472 Å². The number of benzene rings is 11. The van der Waals surface area contributed by atoms with Gasteiger partial charge in [-0.05, 0) is 83.9 Å². The summed E-state index contributed by atoms with van der Waals surface area (Å²) in [6, 6.07) is 88.4. The lowest BCUT2D eigenvalue weighted by atomic mass is 10.00. The highest BCUT2D eigenvalue weighted by atomic mass is 32.1. The largest absolute Gasteiger partial charge is 0.456 e. The number of para-hydroxylation sites is 3. The molecule has 17 rings (SSSR count). The Morgan fingerprint density at radius 2 is 0.793 bits per heavy atom. The van der Waals surface area contributed by atoms with E-state index in [2.05, 4.69) is 185 Å². The molecule has 0 N–H and O–H groups in total. The average molecular weight is 1070 g/mol. The molecular formula is C72H42N8OS. The number of rotatable bonds is 8. The number of nitrogens with zero attached hydrogens (tertiary/aromatic N) is 8. The van der Waals surface area contributed by atoms with E-state index in [1.54, 1.807) is 0 Å². The molecule has 0 aliphatic heterocycles. The van der Waals surface area contributed by atoms with Gasteiger partial charge in [-0.25, -0.2) is 19.9 Å². The molecule has 6 aromatic heterocycles. The van der Waals surface area contributed by atoms with E-state index >= 15 is 0 Å². The molecule has 17 aromatic rings. The first-order valence-corrected chi connectivity index (χ1v) is 28.1. The maximum Gasteiger partial charge on any atom is 0.238 e. The summed E-state index contributed by atoms with van der Waals surface area (Å²) in [5.41, 5.74) is 13.3. The summed E-state index contributed by atoms with van der Waals surface area (Å²) in [7, 11) is 0. The predicted octanol–water partition coefficient (Wildman–Crippen LogP) is 18.5. The van der Waals surface area contributed by atoms with Gasteiger partial charge in [-0.3, -0.25) is 4.57 Å². The maximum atomic E-state index is 6.87. The van der Waals surface area contributed by atoms with Crippen molar-refractivity contribution in [1.29, 1.82) is 0 Å². The number of fused-ring (bicyclic) bond motifs is 14. The van der Waals surface area contributed by atoms with Crippen molar-refractivity contribution >= 4 is 97.1 Å². The second kappa shape index (κ2) is 18.3. The summed E-state index contributed by atoms with van der Waals surface area (Å²) in [5, 5.41) is 9.17. The fourth-order valence-electron chi connectivity index (χ4n) is 12.2. The van der Waals surface area contributed by atoms with Gasteiger partial charge in [-0.2, -0.15) is 9.97 Å². The summed E-state index contributed by atoms with van der Waals surface area (Å²) >= 11 is 1.83. The maximum absolute atomic E-state index is 6.87. The third kappa shape index (κ3) is 7.25. The fourth-order valence-corrected chi connectivity index (χ4v) is 13.3. The van der Waals surface area contributed by atoms with E-state index in [0.29, 0.717) is 35.1 Å². The zero-order valence-electron chi connectivity index (χ0n) is 43.6. The highest BCUT2D eigenvalue weighted by molar-refractivity contribution is 7.26. The van der Waals surface area contributed by atoms with Crippen LogP contribution in [-0.2, 0) is 0 Å². The van der Waals surface area contributed by atoms with Crippen LogP contribution in [0.1, 0.15) is 0 Å². The molecule has 10 heteroatoms. The van der Waals surface area contributed by atoms with E-state index in [4.69, 9.17) is 34.3 Å². The van der Waals surface area contributed by atoms with E-state index in [0.717, 1.165) is 105 Å². The van der Waals surface area contributed by atoms with Gasteiger partial charge in [-0.1, -0.05) is 182 Å². The molecular weight excluding hydrogens is 1020 g/mol. The van der Waals surface area contributed by atoms with Gasteiger partial charge in [0.2, 0.25) is 5.95 Å². The Kier molecular flexibility index (Phi) is 10.3. The SMILES string of the molecule is c1ccc(-c2nc(-c3ccccc3)nc(-c3ccccc3-n3c4ccccc4c4c5c(ccc43)oc3cc(-c4cccc(-c6nc(-c7ccccc7)nc(-n7c8ccccc8c8c9c(ccc87)sc7ccccc79)n6)c4)ccc35)n2)cc1. The van der Waals surface area contributed by atoms with Crippen molar-refractivity contribution in [3.8, 4) is 79.7 Å². The van der Waals surface area contributed by atoms with Crippen LogP contribution in [0.4, 0.5) is 0 Å². The van der Waals surface area contributed by atoms with Crippen molar-refractivity contribution in [2.45, 2.75) is 0 Å². The predicted molar refractivity (Wildman–Crippen MR) is 335 cm³/mol. The molecule has 0 fully saturated rings. The lowest BCUT2D eigenvalue weighted by Gasteiger charge is -2.14. The van der Waals surface area contributed by atoms with E-state index in [1.807, 2.05) is 90.2 Å². The first-order chi connectivity index (χ1) is 40.6. The Hall–Kier alpha value is -10.9. The second-order valence-corrected chi connectivity index (χ2v) is 21.7. The number of hydrogen-bond acceptors (Lipinski definition) is 8. The lowest BCUT2D eigenvalue weighted by Crippen LogP contribution is -2.06. The highest BCUT2D eigenvalue weighted by Gasteiger charge is 2.24. The molecule has 0 aliphatic rings. The van der Waals surface area contributed by atoms with Crippen molar-refractivity contribution in [3.63, 3.8) is 0 Å². The van der Waals surface area contributed by atoms with Crippen LogP contribution >= 0.6 is 11.3 Å². The smallest absolute Gasteiger partial charge is 0.238 e. The van der Waals surface area contributed by atoms with Gasteiger partial charge in [0, 0.05) is 80.3 Å². The van der Waals surface area contributed by atoms with Gasteiger partial charge in [0.15, 0.2) is 29.1 Å². The third-order valence-corrected chi connectivity index (χ3v) is 17.0. The van der Waals surface area contributed by atoms with Crippen LogP contribution in [0, 0.1) is 0 Å². The quantitative estimate of drug-likeness (QED) is 0.149. The van der Waals surface area contributed by atoms with Crippen LogP contribution in [0.2, 0.25) is 0 Å². The normalized spacial score (nSPS) is 11.9. The lowest BCUT2D eigenvalue weighted by molar-refractivity contribution is 0.669. The third-order valence-electron chi connectivity index (χ3n) is 15.8. The Bertz CT molecular complexity index is 5360. The molecule has 0 spiro atoms. The zero-order chi connectivity index (χ0) is 53.8. The van der Waals surface area contributed by atoms with Crippen LogP contribution < -0.4 is 0 Å². The van der Waals surface area contributed by atoms with Crippen LogP contribution in [-0.4, -0.2) is 39.0 Å². The standard InChI is InChI=1S/C72H42N8OS/c1-4-19-43(20-5-1)67-73-68(44-21-6-2-7-22-44)76-71(75-67)51-29-12-16-33-56(51)79-54-31-14-10-27-49(54)63-57(79)37-39-59-65(63)52-36-35-47(42-60(52)81-59)46-25-18-26-48(41-46)70-74-69(45-23-8-3-9-24-45)77-72(78-70)80-55-32-15-11-28-50(55)64-58(80)38-40-62-66(64)53-30-13-17-34-61(53)82-62/h1-42H. The fraction of sp³-hybridized carbons (Fsp3) is 0. The van der Waals surface area contributed by atoms with Crippen molar-refractivity contribution in [3.05, 3.63) is 255 Å². The first kappa shape index (κ1) is 46.0. The minimum absolute atomic E-state index is 0.555. The molecule has 0 saturated heterocycles. The molecule has 0 saturated carbocycles. The van der Waals surface area contributed by atoms with Gasteiger partial charge in [0.25, 0.3) is 0 Å². The van der Waals surface area contributed by atoms with Crippen molar-refractivity contribution in [2.75, 3.05) is 0 Å². The summed E-state index contributed by atoms with van der Waals surface area (Å²) < 4.78 is 13.9. The monoisotopic (exact) mass is 1070 g/mol. The Balaban J connectivity index is 0.798. The van der Waals surface area contributed by atoms with Gasteiger partial charge in [-0.15, -0.1) is 11.3 Å². The number of hydrogen-bond donors (Lipinski definition) is 0.